The van der Waals surface area contributed by atoms with Crippen LogP contribution in [0.3, 0.4) is 0 Å². The fourth-order valence-electron chi connectivity index (χ4n) is 3.18. The van der Waals surface area contributed by atoms with Crippen LogP contribution in [0.25, 0.3) is 0 Å². The molecule has 0 bridgehead atoms. The summed E-state index contributed by atoms with van der Waals surface area (Å²) in [5.74, 6) is -1.90. The van der Waals surface area contributed by atoms with E-state index in [2.05, 4.69) is 5.32 Å². The van der Waals surface area contributed by atoms with Crippen molar-refractivity contribution in [3.63, 3.8) is 0 Å². The van der Waals surface area contributed by atoms with Crippen molar-refractivity contribution in [2.24, 2.45) is 11.8 Å². The van der Waals surface area contributed by atoms with Crippen LogP contribution >= 0.6 is 0 Å². The van der Waals surface area contributed by atoms with E-state index in [0.717, 1.165) is 30.6 Å². The molecule has 2 fully saturated rings. The maximum atomic E-state index is 12.0. The summed E-state index contributed by atoms with van der Waals surface area (Å²) < 4.78 is 0. The lowest BCUT2D eigenvalue weighted by Crippen LogP contribution is -2.35. The number of hydrogen-bond acceptors (Lipinski definition) is 3. The lowest BCUT2D eigenvalue weighted by atomic mass is 10.1. The zero-order valence-corrected chi connectivity index (χ0v) is 13.7. The predicted octanol–water partition coefficient (Wildman–Crippen LogP) is 2.10. The summed E-state index contributed by atoms with van der Waals surface area (Å²) in [6.45, 7) is 2.62. The summed E-state index contributed by atoms with van der Waals surface area (Å²) in [5.41, 5.74) is 1.82. The highest BCUT2D eigenvalue weighted by atomic mass is 16.4. The summed E-state index contributed by atoms with van der Waals surface area (Å²) in [6, 6.07) is 7.42. The predicted molar refractivity (Wildman–Crippen MR) is 88.4 cm³/mol. The number of benzene rings is 1. The van der Waals surface area contributed by atoms with Crippen LogP contribution in [-0.2, 0) is 14.4 Å². The molecule has 2 amide bonds. The Morgan fingerprint density at radius 2 is 1.92 bits per heavy atom. The number of nitrogens with one attached hydrogen (secondary N) is 1. The highest BCUT2D eigenvalue weighted by Gasteiger charge is 2.48. The number of rotatable bonds is 5. The number of carboxylic acid groups (broad SMARTS) is 1. The number of piperidine rings is 1. The van der Waals surface area contributed by atoms with Gasteiger partial charge in [-0.2, -0.15) is 0 Å². The molecule has 1 aromatic carbocycles. The number of carbonyl (C=O) groups excluding carboxylic acids is 2. The van der Waals surface area contributed by atoms with Gasteiger partial charge in [-0.15, -0.1) is 0 Å². The van der Waals surface area contributed by atoms with E-state index in [4.69, 9.17) is 5.11 Å². The molecule has 1 saturated carbocycles. The Bertz CT molecular complexity index is 655. The Hall–Kier alpha value is -2.37. The van der Waals surface area contributed by atoms with Gasteiger partial charge in [0.2, 0.25) is 11.8 Å². The minimum absolute atomic E-state index is 0.156. The molecule has 24 heavy (non-hydrogen) atoms. The van der Waals surface area contributed by atoms with Gasteiger partial charge in [-0.3, -0.25) is 14.4 Å². The number of carboxylic acids is 1. The number of hydrogen-bond donors (Lipinski definition) is 2. The molecule has 2 aliphatic rings. The maximum absolute atomic E-state index is 12.0. The Morgan fingerprint density at radius 1 is 1.21 bits per heavy atom. The summed E-state index contributed by atoms with van der Waals surface area (Å²) in [7, 11) is 0. The standard InChI is InChI=1S/C18H22N2O4/c1-11(19-17(22)14-10-15(14)18(23)24)12-5-7-13(8-6-12)20-9-3-2-4-16(20)21/h5-8,11,14-15H,2-4,9-10H2,1H3,(H,19,22)(H,23,24)/t11?,14-,15+/m1/s1. The maximum Gasteiger partial charge on any atom is 0.307 e. The molecule has 2 N–H and O–H groups in total. The van der Waals surface area contributed by atoms with Gasteiger partial charge in [0.25, 0.3) is 0 Å². The molecule has 6 nitrogen and oxygen atoms in total. The lowest BCUT2D eigenvalue weighted by Gasteiger charge is -2.27. The minimum Gasteiger partial charge on any atom is -0.481 e. The molecule has 0 spiro atoms. The number of amides is 2. The van der Waals surface area contributed by atoms with Crippen LogP contribution in [0.5, 0.6) is 0 Å². The molecule has 1 saturated heterocycles. The van der Waals surface area contributed by atoms with E-state index >= 15 is 0 Å². The molecule has 1 aromatic rings. The van der Waals surface area contributed by atoms with Gasteiger partial charge >= 0.3 is 5.97 Å². The van der Waals surface area contributed by atoms with Crippen molar-refractivity contribution in [2.45, 2.75) is 38.6 Å². The van der Waals surface area contributed by atoms with Gasteiger partial charge < -0.3 is 15.3 Å². The molecule has 1 unspecified atom stereocenters. The molecule has 6 heteroatoms. The van der Waals surface area contributed by atoms with Crippen molar-refractivity contribution >= 4 is 23.5 Å². The summed E-state index contributed by atoms with van der Waals surface area (Å²) in [6.07, 6.45) is 2.99. The molecule has 1 aliphatic carbocycles. The Balaban J connectivity index is 1.60. The van der Waals surface area contributed by atoms with Gasteiger partial charge in [0.05, 0.1) is 17.9 Å². The van der Waals surface area contributed by atoms with E-state index in [-0.39, 0.29) is 17.9 Å². The molecule has 128 valence electrons. The van der Waals surface area contributed by atoms with Crippen LogP contribution in [0, 0.1) is 11.8 Å². The van der Waals surface area contributed by atoms with Crippen LogP contribution in [0.15, 0.2) is 24.3 Å². The second-order valence-corrected chi connectivity index (χ2v) is 6.61. The van der Waals surface area contributed by atoms with Crippen LogP contribution in [-0.4, -0.2) is 29.4 Å². The van der Waals surface area contributed by atoms with E-state index in [9.17, 15) is 14.4 Å². The highest BCUT2D eigenvalue weighted by Crippen LogP contribution is 2.39. The third-order valence-electron chi connectivity index (χ3n) is 4.83. The topological polar surface area (TPSA) is 86.7 Å². The van der Waals surface area contributed by atoms with Gasteiger partial charge in [0.15, 0.2) is 0 Å². The minimum atomic E-state index is -0.904. The summed E-state index contributed by atoms with van der Waals surface area (Å²) in [4.78, 5) is 36.6. The van der Waals surface area contributed by atoms with E-state index in [0.29, 0.717) is 12.8 Å². The zero-order valence-electron chi connectivity index (χ0n) is 13.7. The number of anilines is 1. The number of carbonyl (C=O) groups is 3. The Kier molecular flexibility index (Phi) is 4.55. The van der Waals surface area contributed by atoms with Gasteiger partial charge in [-0.25, -0.2) is 0 Å². The zero-order chi connectivity index (χ0) is 17.3. The molecule has 3 rings (SSSR count). The SMILES string of the molecule is CC(NC(=O)[C@@H]1C[C@@H]1C(=O)O)c1ccc(N2CCCCC2=O)cc1. The first-order valence-electron chi connectivity index (χ1n) is 8.41. The lowest BCUT2D eigenvalue weighted by molar-refractivity contribution is -0.140. The monoisotopic (exact) mass is 330 g/mol. The average molecular weight is 330 g/mol. The smallest absolute Gasteiger partial charge is 0.307 e. The van der Waals surface area contributed by atoms with Gasteiger partial charge in [-0.05, 0) is 43.9 Å². The van der Waals surface area contributed by atoms with E-state index in [1.54, 1.807) is 4.90 Å². The van der Waals surface area contributed by atoms with E-state index in [1.807, 2.05) is 31.2 Å². The van der Waals surface area contributed by atoms with Crippen molar-refractivity contribution in [1.29, 1.82) is 0 Å². The first-order valence-corrected chi connectivity index (χ1v) is 8.41. The first kappa shape index (κ1) is 16.5. The van der Waals surface area contributed by atoms with E-state index in [1.165, 1.54) is 0 Å². The molecule has 0 aromatic heterocycles. The second kappa shape index (κ2) is 6.63. The second-order valence-electron chi connectivity index (χ2n) is 6.61. The molecular formula is C18H22N2O4. The van der Waals surface area contributed by atoms with Crippen LogP contribution in [0.4, 0.5) is 5.69 Å². The van der Waals surface area contributed by atoms with Crippen molar-refractivity contribution < 1.29 is 19.5 Å². The third-order valence-corrected chi connectivity index (χ3v) is 4.83. The summed E-state index contributed by atoms with van der Waals surface area (Å²) >= 11 is 0. The normalized spacial score (nSPS) is 24.4. The molecule has 1 heterocycles. The molecular weight excluding hydrogens is 308 g/mol. The first-order chi connectivity index (χ1) is 11.5. The van der Waals surface area contributed by atoms with Gasteiger partial charge in [0, 0.05) is 18.7 Å². The van der Waals surface area contributed by atoms with E-state index < -0.39 is 17.8 Å². The third kappa shape index (κ3) is 3.42. The molecule has 3 atom stereocenters. The fraction of sp³-hybridized carbons (Fsp3) is 0.500. The Morgan fingerprint density at radius 3 is 2.50 bits per heavy atom. The Labute approximate surface area is 140 Å². The van der Waals surface area contributed by atoms with Crippen molar-refractivity contribution in [3.8, 4) is 0 Å². The van der Waals surface area contributed by atoms with Gasteiger partial charge in [0.1, 0.15) is 0 Å². The quantitative estimate of drug-likeness (QED) is 0.865. The van der Waals surface area contributed by atoms with Crippen molar-refractivity contribution in [2.75, 3.05) is 11.4 Å². The van der Waals surface area contributed by atoms with Crippen LogP contribution < -0.4 is 10.2 Å². The van der Waals surface area contributed by atoms with Crippen molar-refractivity contribution in [1.82, 2.24) is 5.32 Å². The molecule has 1 aliphatic heterocycles. The van der Waals surface area contributed by atoms with Crippen LogP contribution in [0.1, 0.15) is 44.2 Å². The fourth-order valence-corrected chi connectivity index (χ4v) is 3.18. The van der Waals surface area contributed by atoms with Crippen LogP contribution in [0.2, 0.25) is 0 Å². The number of nitrogens with zero attached hydrogens (tertiary/aromatic N) is 1. The van der Waals surface area contributed by atoms with Gasteiger partial charge in [-0.1, -0.05) is 12.1 Å². The average Bonchev–Trinajstić information content (AvgIpc) is 3.36. The highest BCUT2D eigenvalue weighted by molar-refractivity contribution is 5.94. The molecule has 0 radical (unpaired) electrons. The number of aliphatic carboxylic acids is 1. The van der Waals surface area contributed by atoms with Crippen molar-refractivity contribution in [3.05, 3.63) is 29.8 Å². The summed E-state index contributed by atoms with van der Waals surface area (Å²) in [5, 5.41) is 11.8. The largest absolute Gasteiger partial charge is 0.481 e.